The van der Waals surface area contributed by atoms with Crippen LogP contribution in [0.1, 0.15) is 50.4 Å². The molecule has 2 aliphatic rings. The van der Waals surface area contributed by atoms with Gasteiger partial charge < -0.3 is 25.1 Å². The van der Waals surface area contributed by atoms with Gasteiger partial charge in [-0.3, -0.25) is 4.90 Å². The maximum Gasteiger partial charge on any atom is 0.261 e. The molecule has 2 aliphatic heterocycles. The molecule has 9 nitrogen and oxygen atoms in total. The van der Waals surface area contributed by atoms with Crippen molar-refractivity contribution in [2.45, 2.75) is 52.2 Å². The van der Waals surface area contributed by atoms with Crippen LogP contribution in [0.2, 0.25) is 0 Å². The minimum absolute atomic E-state index is 0.194. The number of ether oxygens (including phenoxy) is 2. The third kappa shape index (κ3) is 4.79. The zero-order valence-corrected chi connectivity index (χ0v) is 19.3. The average Bonchev–Trinajstić information content (AvgIpc) is 3.34. The number of aromatic nitrogens is 3. The molecular formula is C22H31F2N7O2. The average molecular weight is 464 g/mol. The van der Waals surface area contributed by atoms with Crippen LogP contribution in [0.5, 0.6) is 5.75 Å². The first-order valence-electron chi connectivity index (χ1n) is 11.4. The SMILES string of the molecule is CCOCCn1c(CC)nc2c1NC(c1cnc(N)c(OCC)c1)=N[C@H]2N1CCC(F)(F)C1. The number of fused-ring (bicyclic) bond motifs is 1. The van der Waals surface area contributed by atoms with Crippen molar-refractivity contribution in [1.82, 2.24) is 19.4 Å². The molecule has 0 aromatic carbocycles. The highest BCUT2D eigenvalue weighted by Gasteiger charge is 2.44. The topological polar surface area (TPSA) is 103 Å². The number of alkyl halides is 2. The Balaban J connectivity index is 1.76. The molecule has 4 rings (SSSR count). The Morgan fingerprint density at radius 1 is 1.27 bits per heavy atom. The summed E-state index contributed by atoms with van der Waals surface area (Å²) in [6, 6.07) is 1.76. The van der Waals surface area contributed by atoms with Crippen LogP contribution in [0.3, 0.4) is 0 Å². The summed E-state index contributed by atoms with van der Waals surface area (Å²) in [5, 5.41) is 3.37. The number of pyridine rings is 1. The number of likely N-dealkylation sites (tertiary alicyclic amines) is 1. The van der Waals surface area contributed by atoms with Crippen LogP contribution in [-0.2, 0) is 17.7 Å². The Kier molecular flexibility index (Phi) is 6.80. The number of anilines is 2. The Morgan fingerprint density at radius 2 is 2.09 bits per heavy atom. The van der Waals surface area contributed by atoms with Gasteiger partial charge in [0.1, 0.15) is 23.2 Å². The van der Waals surface area contributed by atoms with Gasteiger partial charge in [0.25, 0.3) is 5.92 Å². The van der Waals surface area contributed by atoms with Gasteiger partial charge in [-0.2, -0.15) is 0 Å². The van der Waals surface area contributed by atoms with Gasteiger partial charge in [-0.05, 0) is 19.9 Å². The summed E-state index contributed by atoms with van der Waals surface area (Å²) in [6.45, 7) is 7.87. The lowest BCUT2D eigenvalue weighted by Gasteiger charge is -2.29. The number of nitrogens with one attached hydrogen (secondary N) is 1. The molecule has 2 aromatic heterocycles. The van der Waals surface area contributed by atoms with E-state index in [0.29, 0.717) is 55.6 Å². The van der Waals surface area contributed by atoms with Gasteiger partial charge in [-0.1, -0.05) is 6.92 Å². The first-order chi connectivity index (χ1) is 15.9. The number of aliphatic imine (C=N–C) groups is 1. The van der Waals surface area contributed by atoms with Crippen molar-refractivity contribution in [3.8, 4) is 5.75 Å². The van der Waals surface area contributed by atoms with Crippen LogP contribution in [0.25, 0.3) is 0 Å². The van der Waals surface area contributed by atoms with Gasteiger partial charge in [-0.15, -0.1) is 0 Å². The number of amidine groups is 1. The Labute approximate surface area is 192 Å². The van der Waals surface area contributed by atoms with Crippen molar-refractivity contribution < 1.29 is 18.3 Å². The molecule has 0 unspecified atom stereocenters. The van der Waals surface area contributed by atoms with Crippen molar-refractivity contribution in [2.75, 3.05) is 44.0 Å². The Bertz CT molecular complexity index is 1020. The van der Waals surface area contributed by atoms with Crippen LogP contribution < -0.4 is 15.8 Å². The second kappa shape index (κ2) is 9.60. The highest BCUT2D eigenvalue weighted by molar-refractivity contribution is 6.09. The smallest absolute Gasteiger partial charge is 0.261 e. The summed E-state index contributed by atoms with van der Waals surface area (Å²) in [7, 11) is 0. The van der Waals surface area contributed by atoms with Crippen molar-refractivity contribution in [2.24, 2.45) is 4.99 Å². The van der Waals surface area contributed by atoms with Crippen LogP contribution >= 0.6 is 0 Å². The molecule has 0 saturated carbocycles. The highest BCUT2D eigenvalue weighted by Crippen LogP contribution is 2.39. The first-order valence-corrected chi connectivity index (χ1v) is 11.4. The van der Waals surface area contributed by atoms with Crippen molar-refractivity contribution in [1.29, 1.82) is 0 Å². The summed E-state index contributed by atoms with van der Waals surface area (Å²) >= 11 is 0. The standard InChI is InChI=1S/C22H31F2N7O2/c1-4-16-27-17-20(30-8-7-22(23,24)13-30)28-19(29-21(17)31(16)9-10-32-5-2)14-11-15(33-6-3)18(25)26-12-14/h11-12,20H,4-10,13H2,1-3H3,(H2,25,26)(H,28,29)/t20-/m0/s1. The number of halogens is 2. The minimum Gasteiger partial charge on any atom is -0.490 e. The molecule has 0 aliphatic carbocycles. The number of rotatable bonds is 9. The van der Waals surface area contributed by atoms with Crippen molar-refractivity contribution in [3.05, 3.63) is 29.3 Å². The molecule has 2 aromatic rings. The molecule has 0 radical (unpaired) electrons. The summed E-state index contributed by atoms with van der Waals surface area (Å²) in [6.07, 6.45) is 1.47. The predicted octanol–water partition coefficient (Wildman–Crippen LogP) is 3.07. The molecular weight excluding hydrogens is 432 g/mol. The predicted molar refractivity (Wildman–Crippen MR) is 122 cm³/mol. The van der Waals surface area contributed by atoms with Crippen molar-refractivity contribution in [3.63, 3.8) is 0 Å². The third-order valence-corrected chi connectivity index (χ3v) is 5.79. The quantitative estimate of drug-likeness (QED) is 0.551. The van der Waals surface area contributed by atoms with Gasteiger partial charge >= 0.3 is 0 Å². The van der Waals surface area contributed by atoms with Gasteiger partial charge in [0.15, 0.2) is 17.7 Å². The van der Waals surface area contributed by atoms with E-state index in [1.807, 2.05) is 20.8 Å². The number of nitrogens with two attached hydrogens (primary N) is 1. The van der Waals surface area contributed by atoms with E-state index in [9.17, 15) is 8.78 Å². The van der Waals surface area contributed by atoms with E-state index in [2.05, 4.69) is 14.9 Å². The monoisotopic (exact) mass is 463 g/mol. The number of nitrogens with zero attached hydrogens (tertiary/aromatic N) is 5. The lowest BCUT2D eigenvalue weighted by Crippen LogP contribution is -2.34. The summed E-state index contributed by atoms with van der Waals surface area (Å²) in [5.74, 6) is 0.0987. The summed E-state index contributed by atoms with van der Waals surface area (Å²) in [4.78, 5) is 15.5. The lowest BCUT2D eigenvalue weighted by molar-refractivity contribution is 0.00767. The largest absolute Gasteiger partial charge is 0.490 e. The number of nitrogen functional groups attached to an aromatic ring is 1. The van der Waals surface area contributed by atoms with Crippen LogP contribution in [0, 0.1) is 0 Å². The fourth-order valence-electron chi connectivity index (χ4n) is 4.20. The number of hydrogen-bond acceptors (Lipinski definition) is 8. The van der Waals surface area contributed by atoms with E-state index in [0.717, 1.165) is 11.6 Å². The van der Waals surface area contributed by atoms with E-state index >= 15 is 0 Å². The van der Waals surface area contributed by atoms with E-state index < -0.39 is 12.1 Å². The van der Waals surface area contributed by atoms with Gasteiger partial charge in [-0.25, -0.2) is 23.7 Å². The Morgan fingerprint density at radius 3 is 2.76 bits per heavy atom. The number of imidazole rings is 1. The molecule has 0 spiro atoms. The first kappa shape index (κ1) is 23.4. The maximum atomic E-state index is 14.1. The van der Waals surface area contributed by atoms with E-state index in [1.165, 1.54) is 0 Å². The third-order valence-electron chi connectivity index (χ3n) is 5.79. The summed E-state index contributed by atoms with van der Waals surface area (Å²) in [5.41, 5.74) is 7.24. The minimum atomic E-state index is -2.74. The molecule has 1 atom stereocenters. The van der Waals surface area contributed by atoms with E-state index in [4.69, 9.17) is 25.2 Å². The highest BCUT2D eigenvalue weighted by atomic mass is 19.3. The Hall–Kier alpha value is -2.79. The fraction of sp³-hybridized carbons (Fsp3) is 0.591. The maximum absolute atomic E-state index is 14.1. The molecule has 0 bridgehead atoms. The molecule has 4 heterocycles. The van der Waals surface area contributed by atoms with Gasteiger partial charge in [0.05, 0.1) is 19.8 Å². The second-order valence-electron chi connectivity index (χ2n) is 8.06. The van der Waals surface area contributed by atoms with Crippen LogP contribution in [-0.4, -0.2) is 64.1 Å². The molecule has 1 fully saturated rings. The van der Waals surface area contributed by atoms with Crippen LogP contribution in [0.4, 0.5) is 20.4 Å². The molecule has 1 saturated heterocycles. The second-order valence-corrected chi connectivity index (χ2v) is 8.06. The van der Waals surface area contributed by atoms with Gasteiger partial charge in [0, 0.05) is 44.3 Å². The molecule has 3 N–H and O–H groups in total. The van der Waals surface area contributed by atoms with Gasteiger partial charge in [0.2, 0.25) is 0 Å². The van der Waals surface area contributed by atoms with E-state index in [-0.39, 0.29) is 25.3 Å². The summed E-state index contributed by atoms with van der Waals surface area (Å²) < 4.78 is 41.4. The zero-order chi connectivity index (χ0) is 23.6. The molecule has 0 amide bonds. The normalized spacial score (nSPS) is 19.8. The molecule has 33 heavy (non-hydrogen) atoms. The number of hydrogen-bond donors (Lipinski definition) is 2. The van der Waals surface area contributed by atoms with Crippen LogP contribution in [0.15, 0.2) is 17.3 Å². The lowest BCUT2D eigenvalue weighted by atomic mass is 10.2. The van der Waals surface area contributed by atoms with Crippen molar-refractivity contribution >= 4 is 17.5 Å². The fourth-order valence-corrected chi connectivity index (χ4v) is 4.20. The molecule has 11 heteroatoms. The number of aryl methyl sites for hydroxylation is 1. The zero-order valence-electron chi connectivity index (χ0n) is 19.3. The molecule has 180 valence electrons. The van der Waals surface area contributed by atoms with E-state index in [1.54, 1.807) is 17.2 Å².